The molecular weight excluding hydrogens is 474 g/mol. The molecule has 0 aliphatic rings. The van der Waals surface area contributed by atoms with E-state index in [9.17, 15) is 18.0 Å². The van der Waals surface area contributed by atoms with Gasteiger partial charge in [-0.3, -0.25) is 4.79 Å². The summed E-state index contributed by atoms with van der Waals surface area (Å²) in [5.41, 5.74) is -0.181. The maximum atomic E-state index is 12.6. The van der Waals surface area contributed by atoms with E-state index >= 15 is 0 Å². The molecule has 1 aromatic carbocycles. The summed E-state index contributed by atoms with van der Waals surface area (Å²) in [5, 5.41) is 3.46. The lowest BCUT2D eigenvalue weighted by atomic mass is 10.2. The Labute approximate surface area is 190 Å². The minimum atomic E-state index is -4.50. The summed E-state index contributed by atoms with van der Waals surface area (Å²) in [6, 6.07) is 8.05. The molecule has 1 N–H and O–H groups in total. The first-order chi connectivity index (χ1) is 14.7. The number of carbonyl (C=O) groups is 1. The molecule has 1 amide bonds. The van der Waals surface area contributed by atoms with E-state index in [0.29, 0.717) is 35.4 Å². The first kappa shape index (κ1) is 23.4. The topological polar surface area (TPSA) is 68.0 Å². The molecule has 0 saturated carbocycles. The zero-order valence-electron chi connectivity index (χ0n) is 15.9. The Balaban J connectivity index is 1.41. The van der Waals surface area contributed by atoms with Crippen molar-refractivity contribution in [2.24, 2.45) is 0 Å². The Bertz CT molecular complexity index is 1060. The number of alkyl halides is 3. The number of carbonyl (C=O) groups excluding carboxylic acids is 1. The third-order valence-electron chi connectivity index (χ3n) is 4.06. The van der Waals surface area contributed by atoms with Gasteiger partial charge in [-0.25, -0.2) is 9.97 Å². The summed E-state index contributed by atoms with van der Waals surface area (Å²) in [6.45, 7) is 0.305. The first-order valence-electron chi connectivity index (χ1n) is 9.06. The van der Waals surface area contributed by atoms with E-state index in [2.05, 4.69) is 15.3 Å². The van der Waals surface area contributed by atoms with Crippen LogP contribution in [0.25, 0.3) is 11.3 Å². The summed E-state index contributed by atoms with van der Waals surface area (Å²) in [5.74, 6) is 1.14. The standard InChI is InChI=1S/C20H16Cl2F3N3O2S/c21-14-4-2-1-3-13(14)16-11-27-18(30-16)6-5-17(29)26-7-8-31-19-15(22)9-12(10-28-19)20(23,24)25/h1-4,9-11H,5-8H2,(H,26,29). The number of nitrogens with zero attached hydrogens (tertiary/aromatic N) is 2. The lowest BCUT2D eigenvalue weighted by Gasteiger charge is -2.09. The molecule has 3 aromatic rings. The van der Waals surface area contributed by atoms with E-state index in [1.165, 1.54) is 0 Å². The highest BCUT2D eigenvalue weighted by Crippen LogP contribution is 2.33. The molecule has 0 aliphatic carbocycles. The molecule has 5 nitrogen and oxygen atoms in total. The number of hydrogen-bond acceptors (Lipinski definition) is 5. The minimum Gasteiger partial charge on any atom is -0.441 e. The molecule has 0 atom stereocenters. The minimum absolute atomic E-state index is 0.0793. The highest BCUT2D eigenvalue weighted by Gasteiger charge is 2.31. The van der Waals surface area contributed by atoms with Crippen molar-refractivity contribution >= 4 is 40.9 Å². The molecule has 3 rings (SSSR count). The van der Waals surface area contributed by atoms with Crippen molar-refractivity contribution < 1.29 is 22.4 Å². The van der Waals surface area contributed by atoms with Crippen molar-refractivity contribution in [3.8, 4) is 11.3 Å². The van der Waals surface area contributed by atoms with Crippen LogP contribution >= 0.6 is 35.0 Å². The lowest BCUT2D eigenvalue weighted by Crippen LogP contribution is -2.25. The molecule has 11 heteroatoms. The zero-order chi connectivity index (χ0) is 22.4. The maximum absolute atomic E-state index is 12.6. The number of aryl methyl sites for hydroxylation is 1. The number of nitrogens with one attached hydrogen (secondary N) is 1. The monoisotopic (exact) mass is 489 g/mol. The number of rotatable bonds is 8. The number of hydrogen-bond donors (Lipinski definition) is 1. The Morgan fingerprint density at radius 1 is 1.13 bits per heavy atom. The predicted octanol–water partition coefficient (Wildman–Crippen LogP) is 5.90. The first-order valence-corrected chi connectivity index (χ1v) is 10.8. The molecule has 0 saturated heterocycles. The Morgan fingerprint density at radius 3 is 2.61 bits per heavy atom. The van der Waals surface area contributed by atoms with Crippen LogP contribution in [-0.4, -0.2) is 28.2 Å². The molecule has 0 spiro atoms. The number of amides is 1. The van der Waals surface area contributed by atoms with Crippen LogP contribution in [0.4, 0.5) is 13.2 Å². The van der Waals surface area contributed by atoms with Gasteiger partial charge in [-0.2, -0.15) is 13.2 Å². The summed E-state index contributed by atoms with van der Waals surface area (Å²) in [4.78, 5) is 19.9. The second-order valence-electron chi connectivity index (χ2n) is 6.31. The van der Waals surface area contributed by atoms with Gasteiger partial charge in [0.15, 0.2) is 11.7 Å². The predicted molar refractivity (Wildman–Crippen MR) is 113 cm³/mol. The SMILES string of the molecule is O=C(CCc1ncc(-c2ccccc2Cl)o1)NCCSc1ncc(C(F)(F)F)cc1Cl. The van der Waals surface area contributed by atoms with Gasteiger partial charge in [-0.05, 0) is 18.2 Å². The Kier molecular flexibility index (Phi) is 7.85. The van der Waals surface area contributed by atoms with Crippen molar-refractivity contribution in [2.75, 3.05) is 12.3 Å². The smallest absolute Gasteiger partial charge is 0.417 e. The Morgan fingerprint density at radius 2 is 1.90 bits per heavy atom. The van der Waals surface area contributed by atoms with Crippen LogP contribution in [0.5, 0.6) is 0 Å². The van der Waals surface area contributed by atoms with E-state index in [-0.39, 0.29) is 22.4 Å². The fraction of sp³-hybridized carbons (Fsp3) is 0.250. The highest BCUT2D eigenvalue weighted by molar-refractivity contribution is 7.99. The third kappa shape index (κ3) is 6.62. The lowest BCUT2D eigenvalue weighted by molar-refractivity contribution is -0.137. The number of benzene rings is 1. The van der Waals surface area contributed by atoms with Gasteiger partial charge in [0.05, 0.1) is 21.8 Å². The van der Waals surface area contributed by atoms with Crippen LogP contribution in [0.15, 0.2) is 52.2 Å². The van der Waals surface area contributed by atoms with E-state index in [0.717, 1.165) is 29.6 Å². The number of aromatic nitrogens is 2. The Hall–Kier alpha value is -2.23. The van der Waals surface area contributed by atoms with E-state index in [4.69, 9.17) is 27.6 Å². The van der Waals surface area contributed by atoms with Crippen molar-refractivity contribution in [1.82, 2.24) is 15.3 Å². The largest absolute Gasteiger partial charge is 0.441 e. The summed E-state index contributed by atoms with van der Waals surface area (Å²) in [7, 11) is 0. The molecule has 0 aliphatic heterocycles. The fourth-order valence-electron chi connectivity index (χ4n) is 2.54. The van der Waals surface area contributed by atoms with Gasteiger partial charge in [0.25, 0.3) is 0 Å². The van der Waals surface area contributed by atoms with Crippen LogP contribution in [0.3, 0.4) is 0 Å². The van der Waals surface area contributed by atoms with Crippen molar-refractivity contribution in [3.63, 3.8) is 0 Å². The van der Waals surface area contributed by atoms with E-state index in [1.807, 2.05) is 18.2 Å². The number of oxazole rings is 1. The molecular formula is C20H16Cl2F3N3O2S. The van der Waals surface area contributed by atoms with Gasteiger partial charge in [-0.15, -0.1) is 11.8 Å². The van der Waals surface area contributed by atoms with Gasteiger partial charge in [0, 0.05) is 36.9 Å². The zero-order valence-corrected chi connectivity index (χ0v) is 18.2. The second-order valence-corrected chi connectivity index (χ2v) is 8.20. The van der Waals surface area contributed by atoms with Gasteiger partial charge < -0.3 is 9.73 Å². The van der Waals surface area contributed by atoms with Crippen LogP contribution in [-0.2, 0) is 17.4 Å². The average Bonchev–Trinajstić information content (AvgIpc) is 3.19. The fourth-order valence-corrected chi connectivity index (χ4v) is 3.83. The van der Waals surface area contributed by atoms with Gasteiger partial charge in [-0.1, -0.05) is 35.3 Å². The molecule has 2 heterocycles. The summed E-state index contributed by atoms with van der Waals surface area (Å²) < 4.78 is 43.5. The highest BCUT2D eigenvalue weighted by atomic mass is 35.5. The normalized spacial score (nSPS) is 11.5. The van der Waals surface area contributed by atoms with Crippen molar-refractivity contribution in [1.29, 1.82) is 0 Å². The molecule has 2 aromatic heterocycles. The maximum Gasteiger partial charge on any atom is 0.417 e. The van der Waals surface area contributed by atoms with Gasteiger partial charge in [0.2, 0.25) is 5.91 Å². The number of halogens is 5. The third-order valence-corrected chi connectivity index (χ3v) is 5.79. The summed E-state index contributed by atoms with van der Waals surface area (Å²) >= 11 is 13.1. The van der Waals surface area contributed by atoms with Crippen LogP contribution < -0.4 is 5.32 Å². The quantitative estimate of drug-likeness (QED) is 0.315. The average molecular weight is 490 g/mol. The number of pyridine rings is 1. The van der Waals surface area contributed by atoms with E-state index < -0.39 is 11.7 Å². The molecule has 0 radical (unpaired) electrons. The van der Waals surface area contributed by atoms with Gasteiger partial charge in [0.1, 0.15) is 5.03 Å². The molecule has 31 heavy (non-hydrogen) atoms. The molecule has 164 valence electrons. The number of thioether (sulfide) groups is 1. The molecule has 0 fully saturated rings. The van der Waals surface area contributed by atoms with Crippen molar-refractivity contribution in [2.45, 2.75) is 24.0 Å². The van der Waals surface area contributed by atoms with Crippen LogP contribution in [0, 0.1) is 0 Å². The second kappa shape index (κ2) is 10.4. The van der Waals surface area contributed by atoms with E-state index in [1.54, 1.807) is 12.3 Å². The van der Waals surface area contributed by atoms with Crippen LogP contribution in [0.1, 0.15) is 17.9 Å². The van der Waals surface area contributed by atoms with Crippen LogP contribution in [0.2, 0.25) is 10.0 Å². The molecule has 0 bridgehead atoms. The molecule has 0 unspecified atom stereocenters. The summed E-state index contributed by atoms with van der Waals surface area (Å²) in [6.07, 6.45) is -1.71. The van der Waals surface area contributed by atoms with Gasteiger partial charge >= 0.3 is 6.18 Å². The van der Waals surface area contributed by atoms with Crippen molar-refractivity contribution in [3.05, 3.63) is 64.2 Å².